The van der Waals surface area contributed by atoms with Crippen LogP contribution in [0.5, 0.6) is 0 Å². The Balaban J connectivity index is 1.43. The topological polar surface area (TPSA) is 107 Å². The van der Waals surface area contributed by atoms with Gasteiger partial charge in [-0.2, -0.15) is 0 Å². The van der Waals surface area contributed by atoms with E-state index < -0.39 is 24.0 Å². The summed E-state index contributed by atoms with van der Waals surface area (Å²) in [6.45, 7) is 0.218. The Hall–Kier alpha value is -4.04. The number of H-pyrrole nitrogens is 1. The molecule has 7 nitrogen and oxygen atoms in total. The van der Waals surface area contributed by atoms with E-state index in [1.807, 2.05) is 42.5 Å². The van der Waals surface area contributed by atoms with E-state index in [1.165, 1.54) is 12.1 Å². The molecule has 2 aromatic heterocycles. The molecule has 2 atom stereocenters. The Kier molecular flexibility index (Phi) is 7.29. The second-order valence-electron chi connectivity index (χ2n) is 8.07. The maximum atomic E-state index is 13.3. The molecule has 2 aromatic carbocycles. The predicted molar refractivity (Wildman–Crippen MR) is 126 cm³/mol. The molecule has 8 heteroatoms. The standard InChI is InChI=1S/C26H25FN4O3/c27-21-8-6-18(7-9-21)13-22(31-26(34)23(32)14-17-4-2-1-3-5-17)25(33)30-16-19-12-20-10-11-28-24(20)29-15-19/h1-12,15,22-23,32H,13-14,16H2,(H,28,29)(H,30,33)(H,31,34)/t22-,23?/m0/s1. The maximum Gasteiger partial charge on any atom is 0.249 e. The third-order valence-electron chi connectivity index (χ3n) is 5.48. The summed E-state index contributed by atoms with van der Waals surface area (Å²) in [6.07, 6.45) is 2.40. The van der Waals surface area contributed by atoms with Crippen LogP contribution in [0.1, 0.15) is 16.7 Å². The minimum Gasteiger partial charge on any atom is -0.383 e. The molecule has 0 aliphatic rings. The average molecular weight is 461 g/mol. The first-order valence-electron chi connectivity index (χ1n) is 10.9. The molecule has 0 saturated carbocycles. The van der Waals surface area contributed by atoms with Crippen LogP contribution in [0.3, 0.4) is 0 Å². The zero-order valence-corrected chi connectivity index (χ0v) is 18.4. The van der Waals surface area contributed by atoms with Gasteiger partial charge in [0.05, 0.1) is 0 Å². The van der Waals surface area contributed by atoms with Gasteiger partial charge in [0.25, 0.3) is 0 Å². The molecule has 4 aromatic rings. The monoisotopic (exact) mass is 460 g/mol. The second kappa shape index (κ2) is 10.7. The van der Waals surface area contributed by atoms with E-state index in [-0.39, 0.29) is 25.2 Å². The number of aromatic nitrogens is 2. The van der Waals surface area contributed by atoms with Gasteiger partial charge in [-0.25, -0.2) is 9.37 Å². The molecule has 0 aliphatic heterocycles. The van der Waals surface area contributed by atoms with Crippen molar-refractivity contribution >= 4 is 22.8 Å². The first-order valence-corrected chi connectivity index (χ1v) is 10.9. The Labute approximate surface area is 196 Å². The van der Waals surface area contributed by atoms with Crippen LogP contribution >= 0.6 is 0 Å². The fourth-order valence-electron chi connectivity index (χ4n) is 3.66. The Morgan fingerprint density at radius 1 is 0.941 bits per heavy atom. The molecule has 0 spiro atoms. The molecule has 0 fully saturated rings. The van der Waals surface area contributed by atoms with E-state index in [4.69, 9.17) is 0 Å². The van der Waals surface area contributed by atoms with Crippen molar-refractivity contribution in [2.75, 3.05) is 0 Å². The quantitative estimate of drug-likeness (QED) is 0.308. The summed E-state index contributed by atoms with van der Waals surface area (Å²) in [7, 11) is 0. The van der Waals surface area contributed by atoms with Crippen LogP contribution in [-0.4, -0.2) is 39.0 Å². The lowest BCUT2D eigenvalue weighted by molar-refractivity contribution is -0.134. The molecule has 4 rings (SSSR count). The number of aliphatic hydroxyl groups is 1. The zero-order chi connectivity index (χ0) is 23.9. The van der Waals surface area contributed by atoms with Crippen LogP contribution in [0.2, 0.25) is 0 Å². The van der Waals surface area contributed by atoms with Gasteiger partial charge >= 0.3 is 0 Å². The number of amides is 2. The summed E-state index contributed by atoms with van der Waals surface area (Å²) in [5, 5.41) is 16.8. The number of hydrogen-bond acceptors (Lipinski definition) is 4. The summed E-state index contributed by atoms with van der Waals surface area (Å²) in [4.78, 5) is 33.0. The Bertz CT molecular complexity index is 1260. The van der Waals surface area contributed by atoms with Crippen molar-refractivity contribution in [3.8, 4) is 0 Å². The van der Waals surface area contributed by atoms with Gasteiger partial charge < -0.3 is 20.7 Å². The third-order valence-corrected chi connectivity index (χ3v) is 5.48. The van der Waals surface area contributed by atoms with Gasteiger partial charge in [0.1, 0.15) is 23.6 Å². The molecule has 1 unspecified atom stereocenters. The van der Waals surface area contributed by atoms with Crippen molar-refractivity contribution in [2.24, 2.45) is 0 Å². The van der Waals surface area contributed by atoms with Crippen molar-refractivity contribution < 1.29 is 19.1 Å². The minimum atomic E-state index is -1.31. The molecule has 2 heterocycles. The van der Waals surface area contributed by atoms with Crippen LogP contribution in [0.25, 0.3) is 11.0 Å². The highest BCUT2D eigenvalue weighted by molar-refractivity contribution is 5.89. The number of aliphatic hydroxyl groups excluding tert-OH is 1. The summed E-state index contributed by atoms with van der Waals surface area (Å²) in [5.74, 6) is -1.46. The van der Waals surface area contributed by atoms with Gasteiger partial charge in [-0.1, -0.05) is 42.5 Å². The Morgan fingerprint density at radius 2 is 1.68 bits per heavy atom. The van der Waals surface area contributed by atoms with E-state index in [2.05, 4.69) is 20.6 Å². The number of nitrogens with zero attached hydrogens (tertiary/aromatic N) is 1. The number of fused-ring (bicyclic) bond motifs is 1. The first kappa shape index (κ1) is 23.1. The zero-order valence-electron chi connectivity index (χ0n) is 18.4. The van der Waals surface area contributed by atoms with Crippen molar-refractivity contribution in [1.82, 2.24) is 20.6 Å². The lowest BCUT2D eigenvalue weighted by atomic mass is 10.0. The predicted octanol–water partition coefficient (Wildman–Crippen LogP) is 2.65. The summed E-state index contributed by atoms with van der Waals surface area (Å²) in [5.41, 5.74) is 3.03. The number of nitrogens with one attached hydrogen (secondary N) is 3. The van der Waals surface area contributed by atoms with Crippen LogP contribution in [0.4, 0.5) is 4.39 Å². The number of carbonyl (C=O) groups is 2. The van der Waals surface area contributed by atoms with E-state index in [1.54, 1.807) is 24.5 Å². The third kappa shape index (κ3) is 6.05. The number of pyridine rings is 1. The summed E-state index contributed by atoms with van der Waals surface area (Å²) >= 11 is 0. The lowest BCUT2D eigenvalue weighted by Gasteiger charge is -2.21. The number of carbonyl (C=O) groups excluding carboxylic acids is 2. The molecule has 34 heavy (non-hydrogen) atoms. The molecular weight excluding hydrogens is 435 g/mol. The summed E-state index contributed by atoms with van der Waals surface area (Å²) < 4.78 is 13.3. The SMILES string of the molecule is O=C(N[C@@H](Cc1ccc(F)cc1)C(=O)NCc1cnc2[nH]ccc2c1)C(O)Cc1ccccc1. The van der Waals surface area contributed by atoms with Crippen molar-refractivity contribution in [1.29, 1.82) is 0 Å². The smallest absolute Gasteiger partial charge is 0.249 e. The molecular formula is C26H25FN4O3. The van der Waals surface area contributed by atoms with E-state index in [0.717, 1.165) is 22.2 Å². The molecule has 0 saturated heterocycles. The number of hydrogen-bond donors (Lipinski definition) is 4. The van der Waals surface area contributed by atoms with Crippen molar-refractivity contribution in [2.45, 2.75) is 31.5 Å². The maximum absolute atomic E-state index is 13.3. The van der Waals surface area contributed by atoms with Crippen molar-refractivity contribution in [3.05, 3.63) is 102 Å². The van der Waals surface area contributed by atoms with E-state index >= 15 is 0 Å². The first-order chi connectivity index (χ1) is 16.5. The van der Waals surface area contributed by atoms with Gasteiger partial charge in [0, 0.05) is 37.2 Å². The van der Waals surface area contributed by atoms with Gasteiger partial charge in [-0.3, -0.25) is 9.59 Å². The molecule has 0 radical (unpaired) electrons. The fraction of sp³-hybridized carbons (Fsp3) is 0.192. The van der Waals surface area contributed by atoms with Crippen molar-refractivity contribution in [3.63, 3.8) is 0 Å². The average Bonchev–Trinajstić information content (AvgIpc) is 3.32. The molecule has 2 amide bonds. The number of benzene rings is 2. The molecule has 174 valence electrons. The highest BCUT2D eigenvalue weighted by Crippen LogP contribution is 2.12. The van der Waals surface area contributed by atoms with E-state index in [0.29, 0.717) is 5.56 Å². The minimum absolute atomic E-state index is 0.125. The van der Waals surface area contributed by atoms with Crippen LogP contribution in [0.15, 0.2) is 79.1 Å². The second-order valence-corrected chi connectivity index (χ2v) is 8.07. The highest BCUT2D eigenvalue weighted by Gasteiger charge is 2.25. The summed E-state index contributed by atoms with van der Waals surface area (Å²) in [6, 6.07) is 17.7. The van der Waals surface area contributed by atoms with E-state index in [9.17, 15) is 19.1 Å². The largest absolute Gasteiger partial charge is 0.383 e. The molecule has 0 aliphatic carbocycles. The number of aromatic amines is 1. The molecule has 4 N–H and O–H groups in total. The van der Waals surface area contributed by atoms with Gasteiger partial charge in [0.2, 0.25) is 11.8 Å². The number of halogens is 1. The normalized spacial score (nSPS) is 12.8. The Morgan fingerprint density at radius 3 is 2.44 bits per heavy atom. The van der Waals surface area contributed by atoms with Gasteiger partial charge in [0.15, 0.2) is 0 Å². The van der Waals surface area contributed by atoms with Gasteiger partial charge in [-0.05, 0) is 41.0 Å². The van der Waals surface area contributed by atoms with Gasteiger partial charge in [-0.15, -0.1) is 0 Å². The lowest BCUT2D eigenvalue weighted by Crippen LogP contribution is -2.51. The van der Waals surface area contributed by atoms with Crippen LogP contribution < -0.4 is 10.6 Å². The fourth-order valence-corrected chi connectivity index (χ4v) is 3.66. The van der Waals surface area contributed by atoms with Crippen LogP contribution in [0, 0.1) is 5.82 Å². The highest BCUT2D eigenvalue weighted by atomic mass is 19.1. The van der Waals surface area contributed by atoms with Crippen LogP contribution in [-0.2, 0) is 29.0 Å². The number of rotatable bonds is 9. The molecule has 0 bridgehead atoms.